The van der Waals surface area contributed by atoms with E-state index in [4.69, 9.17) is 11.6 Å². The molecule has 0 atom stereocenters. The Hall–Kier alpha value is -1.60. The van der Waals surface area contributed by atoms with Crippen molar-refractivity contribution < 1.29 is 0 Å². The fourth-order valence-electron chi connectivity index (χ4n) is 2.29. The van der Waals surface area contributed by atoms with Crippen molar-refractivity contribution in [2.45, 2.75) is 13.8 Å². The highest BCUT2D eigenvalue weighted by molar-refractivity contribution is 6.36. The lowest BCUT2D eigenvalue weighted by Crippen LogP contribution is -1.87. The van der Waals surface area contributed by atoms with Gasteiger partial charge in [0.25, 0.3) is 0 Å². The Morgan fingerprint density at radius 3 is 2.65 bits per heavy atom. The molecule has 0 spiro atoms. The zero-order valence-electron chi connectivity index (χ0n) is 9.79. The summed E-state index contributed by atoms with van der Waals surface area (Å²) < 4.78 is 0. The number of halogens is 1. The van der Waals surface area contributed by atoms with Crippen LogP contribution < -0.4 is 0 Å². The SMILES string of the molecule is Cc1ccc2nc(Cl)c3c(C)cccc3c2c1. The van der Waals surface area contributed by atoms with Crippen LogP contribution in [0.15, 0.2) is 36.4 Å². The first-order chi connectivity index (χ1) is 8.16. The molecule has 2 heteroatoms. The highest BCUT2D eigenvalue weighted by atomic mass is 35.5. The minimum atomic E-state index is 0.592. The van der Waals surface area contributed by atoms with Gasteiger partial charge in [0.1, 0.15) is 5.15 Å². The predicted octanol–water partition coefficient (Wildman–Crippen LogP) is 4.66. The van der Waals surface area contributed by atoms with Crippen LogP contribution in [-0.2, 0) is 0 Å². The van der Waals surface area contributed by atoms with Crippen molar-refractivity contribution in [3.8, 4) is 0 Å². The maximum atomic E-state index is 6.27. The number of benzene rings is 2. The van der Waals surface area contributed by atoms with E-state index in [0.717, 1.165) is 10.9 Å². The zero-order chi connectivity index (χ0) is 12.0. The first kappa shape index (κ1) is 10.5. The van der Waals surface area contributed by atoms with E-state index < -0.39 is 0 Å². The molecule has 3 aromatic rings. The van der Waals surface area contributed by atoms with Crippen LogP contribution >= 0.6 is 11.6 Å². The number of aryl methyl sites for hydroxylation is 2. The molecular formula is C15H12ClN. The van der Waals surface area contributed by atoms with E-state index in [1.54, 1.807) is 0 Å². The van der Waals surface area contributed by atoms with Crippen molar-refractivity contribution in [2.24, 2.45) is 0 Å². The molecule has 3 rings (SSSR count). The van der Waals surface area contributed by atoms with Crippen LogP contribution in [0.4, 0.5) is 0 Å². The van der Waals surface area contributed by atoms with Crippen LogP contribution in [0.1, 0.15) is 11.1 Å². The highest BCUT2D eigenvalue weighted by Crippen LogP contribution is 2.31. The first-order valence-electron chi connectivity index (χ1n) is 5.62. The Labute approximate surface area is 105 Å². The number of hydrogen-bond donors (Lipinski definition) is 0. The van der Waals surface area contributed by atoms with Crippen LogP contribution in [-0.4, -0.2) is 4.98 Å². The lowest BCUT2D eigenvalue weighted by Gasteiger charge is -2.08. The topological polar surface area (TPSA) is 12.9 Å². The molecule has 0 N–H and O–H groups in total. The van der Waals surface area contributed by atoms with Gasteiger partial charge in [-0.15, -0.1) is 0 Å². The number of pyridine rings is 1. The molecule has 1 aromatic heterocycles. The molecule has 84 valence electrons. The molecule has 17 heavy (non-hydrogen) atoms. The monoisotopic (exact) mass is 241 g/mol. The maximum absolute atomic E-state index is 6.27. The molecule has 1 nitrogen and oxygen atoms in total. The minimum absolute atomic E-state index is 0.592. The minimum Gasteiger partial charge on any atom is -0.235 e. The summed E-state index contributed by atoms with van der Waals surface area (Å²) in [4.78, 5) is 4.47. The van der Waals surface area contributed by atoms with Gasteiger partial charge in [-0.2, -0.15) is 0 Å². The number of fused-ring (bicyclic) bond motifs is 3. The van der Waals surface area contributed by atoms with E-state index in [2.05, 4.69) is 49.2 Å². The summed E-state index contributed by atoms with van der Waals surface area (Å²) in [6.07, 6.45) is 0. The van der Waals surface area contributed by atoms with Gasteiger partial charge in [0.05, 0.1) is 5.52 Å². The molecule has 0 saturated heterocycles. The van der Waals surface area contributed by atoms with Crippen LogP contribution in [0.25, 0.3) is 21.7 Å². The molecular weight excluding hydrogens is 230 g/mol. The van der Waals surface area contributed by atoms with Gasteiger partial charge in [0.15, 0.2) is 0 Å². The Morgan fingerprint density at radius 2 is 1.82 bits per heavy atom. The van der Waals surface area contributed by atoms with Crippen molar-refractivity contribution in [1.82, 2.24) is 4.98 Å². The maximum Gasteiger partial charge on any atom is 0.137 e. The molecule has 0 aliphatic heterocycles. The molecule has 0 aliphatic rings. The molecule has 1 heterocycles. The largest absolute Gasteiger partial charge is 0.235 e. The molecule has 0 unspecified atom stereocenters. The van der Waals surface area contributed by atoms with Crippen LogP contribution in [0, 0.1) is 13.8 Å². The predicted molar refractivity (Wildman–Crippen MR) is 73.7 cm³/mol. The third-order valence-corrected chi connectivity index (χ3v) is 3.41. The summed E-state index contributed by atoms with van der Waals surface area (Å²) in [6, 6.07) is 12.5. The van der Waals surface area contributed by atoms with Crippen molar-refractivity contribution in [3.63, 3.8) is 0 Å². The molecule has 2 aromatic carbocycles. The Balaban J connectivity index is 2.62. The summed E-state index contributed by atoms with van der Waals surface area (Å²) in [5.74, 6) is 0. The lowest BCUT2D eigenvalue weighted by molar-refractivity contribution is 1.40. The molecule has 0 bridgehead atoms. The van der Waals surface area contributed by atoms with Gasteiger partial charge in [-0.25, -0.2) is 4.98 Å². The van der Waals surface area contributed by atoms with E-state index in [-0.39, 0.29) is 0 Å². The third-order valence-electron chi connectivity index (χ3n) is 3.14. The molecule has 0 aliphatic carbocycles. The average Bonchev–Trinajstić information content (AvgIpc) is 2.30. The van der Waals surface area contributed by atoms with Gasteiger partial charge in [0.2, 0.25) is 0 Å². The number of hydrogen-bond acceptors (Lipinski definition) is 1. The van der Waals surface area contributed by atoms with Gasteiger partial charge >= 0.3 is 0 Å². The molecule has 0 fully saturated rings. The second kappa shape index (κ2) is 3.71. The zero-order valence-corrected chi connectivity index (χ0v) is 10.5. The molecule has 0 amide bonds. The summed E-state index contributed by atoms with van der Waals surface area (Å²) in [6.45, 7) is 4.16. The molecule has 0 radical (unpaired) electrons. The van der Waals surface area contributed by atoms with Gasteiger partial charge in [0, 0.05) is 10.8 Å². The normalized spacial score (nSPS) is 11.2. The fourth-order valence-corrected chi connectivity index (χ4v) is 2.63. The molecule has 0 saturated carbocycles. The Kier molecular flexibility index (Phi) is 2.30. The van der Waals surface area contributed by atoms with Crippen LogP contribution in [0.3, 0.4) is 0 Å². The van der Waals surface area contributed by atoms with E-state index >= 15 is 0 Å². The smallest absolute Gasteiger partial charge is 0.137 e. The van der Waals surface area contributed by atoms with E-state index in [1.807, 2.05) is 6.07 Å². The van der Waals surface area contributed by atoms with Crippen molar-refractivity contribution in [3.05, 3.63) is 52.7 Å². The number of nitrogens with zero attached hydrogens (tertiary/aromatic N) is 1. The fraction of sp³-hybridized carbons (Fsp3) is 0.133. The number of aromatic nitrogens is 1. The summed E-state index contributed by atoms with van der Waals surface area (Å²) in [5.41, 5.74) is 3.37. The third kappa shape index (κ3) is 1.58. The van der Waals surface area contributed by atoms with Crippen molar-refractivity contribution >= 4 is 33.3 Å². The number of rotatable bonds is 0. The van der Waals surface area contributed by atoms with E-state index in [1.165, 1.54) is 21.9 Å². The Morgan fingerprint density at radius 1 is 1.00 bits per heavy atom. The summed E-state index contributed by atoms with van der Waals surface area (Å²) in [5, 5.41) is 4.01. The second-order valence-electron chi connectivity index (χ2n) is 4.42. The van der Waals surface area contributed by atoms with Crippen LogP contribution in [0.5, 0.6) is 0 Å². The lowest BCUT2D eigenvalue weighted by atomic mass is 10.0. The summed E-state index contributed by atoms with van der Waals surface area (Å²) >= 11 is 6.27. The van der Waals surface area contributed by atoms with Crippen molar-refractivity contribution in [1.29, 1.82) is 0 Å². The standard InChI is InChI=1S/C15H12ClN/c1-9-6-7-13-12(8-9)11-5-3-4-10(2)14(11)15(16)17-13/h3-8H,1-2H3. The van der Waals surface area contributed by atoms with E-state index in [0.29, 0.717) is 5.15 Å². The first-order valence-corrected chi connectivity index (χ1v) is 6.00. The summed E-state index contributed by atoms with van der Waals surface area (Å²) in [7, 11) is 0. The van der Waals surface area contributed by atoms with Gasteiger partial charge in [-0.1, -0.05) is 41.4 Å². The highest BCUT2D eigenvalue weighted by Gasteiger charge is 2.08. The Bertz CT molecular complexity index is 732. The van der Waals surface area contributed by atoms with E-state index in [9.17, 15) is 0 Å². The van der Waals surface area contributed by atoms with Crippen molar-refractivity contribution in [2.75, 3.05) is 0 Å². The van der Waals surface area contributed by atoms with Gasteiger partial charge in [-0.3, -0.25) is 0 Å². The van der Waals surface area contributed by atoms with Gasteiger partial charge in [-0.05, 0) is 36.9 Å². The average molecular weight is 242 g/mol. The quantitative estimate of drug-likeness (QED) is 0.412. The van der Waals surface area contributed by atoms with Gasteiger partial charge < -0.3 is 0 Å². The second-order valence-corrected chi connectivity index (χ2v) is 4.78. The van der Waals surface area contributed by atoms with Crippen LogP contribution in [0.2, 0.25) is 5.15 Å².